The highest BCUT2D eigenvalue weighted by molar-refractivity contribution is 6.49. The molecule has 7 heteroatoms. The number of rotatable bonds is 15. The first-order valence-electron chi connectivity index (χ1n) is 11.1. The van der Waals surface area contributed by atoms with Crippen molar-refractivity contribution in [3.05, 3.63) is 0 Å². The Morgan fingerprint density at radius 1 is 0.586 bits per heavy atom. The van der Waals surface area contributed by atoms with Crippen LogP contribution in [0.3, 0.4) is 0 Å². The average Bonchev–Trinajstić information content (AvgIpc) is 2.70. The molecule has 0 atom stereocenters. The van der Waals surface area contributed by atoms with Gasteiger partial charge < -0.3 is 7.58 Å². The van der Waals surface area contributed by atoms with E-state index in [1.54, 1.807) is 6.92 Å². The van der Waals surface area contributed by atoms with E-state index in [1.165, 1.54) is 0 Å². The third kappa shape index (κ3) is 7.53. The highest BCUT2D eigenvalue weighted by atomic mass is 27.2. The average molecular weight is 427 g/mol. The number of carbonyl (C=O) groups is 4. The van der Waals surface area contributed by atoms with Gasteiger partial charge in [0.2, 0.25) is 0 Å². The molecule has 0 rings (SSSR count). The molecule has 166 valence electrons. The van der Waals surface area contributed by atoms with Gasteiger partial charge in [-0.05, 0) is 43.8 Å². The van der Waals surface area contributed by atoms with E-state index in [-0.39, 0.29) is 24.4 Å². The standard InChI is InChI=1S/2C10H18O3.C2H5.Al/c2*1-4-10(5-2,6-3)8(11)7-9(12)13;1-2;/h2*4-7H2,1-3H3,(H,12,13);1H2,2H3;/q;;;+2/p-2. The molecule has 0 fully saturated rings. The highest BCUT2D eigenvalue weighted by Crippen LogP contribution is 2.33. The van der Waals surface area contributed by atoms with Crippen LogP contribution in [0.5, 0.6) is 0 Å². The number of hydrogen-bond donors (Lipinski definition) is 0. The predicted molar refractivity (Wildman–Crippen MR) is 114 cm³/mol. The van der Waals surface area contributed by atoms with Crippen molar-refractivity contribution in [2.24, 2.45) is 10.8 Å². The van der Waals surface area contributed by atoms with Gasteiger partial charge in [-0.2, -0.15) is 0 Å². The van der Waals surface area contributed by atoms with Crippen LogP contribution in [0.2, 0.25) is 5.28 Å². The summed E-state index contributed by atoms with van der Waals surface area (Å²) in [5.74, 6) is -1.53. The summed E-state index contributed by atoms with van der Waals surface area (Å²) in [5.41, 5.74) is -1.01. The molecule has 6 nitrogen and oxygen atoms in total. The fourth-order valence-electron chi connectivity index (χ4n) is 3.89. The quantitative estimate of drug-likeness (QED) is 0.272. The van der Waals surface area contributed by atoms with Gasteiger partial charge in [0, 0.05) is 10.8 Å². The maximum absolute atomic E-state index is 12.6. The maximum atomic E-state index is 12.6. The zero-order valence-electron chi connectivity index (χ0n) is 19.4. The second kappa shape index (κ2) is 13.2. The topological polar surface area (TPSA) is 86.7 Å². The van der Waals surface area contributed by atoms with Gasteiger partial charge in [0.05, 0.1) is 0 Å². The van der Waals surface area contributed by atoms with Crippen molar-refractivity contribution in [1.82, 2.24) is 0 Å². The first kappa shape index (κ1) is 27.8. The number of ketones is 2. The summed E-state index contributed by atoms with van der Waals surface area (Å²) in [7, 11) is 0. The smallest absolute Gasteiger partial charge is 0.585 e. The number of carbonyl (C=O) groups excluding carboxylic acids is 4. The van der Waals surface area contributed by atoms with Crippen molar-refractivity contribution in [3.63, 3.8) is 0 Å². The second-order valence-corrected chi connectivity index (χ2v) is 9.85. The molecule has 0 saturated carbocycles. The van der Waals surface area contributed by atoms with E-state index in [4.69, 9.17) is 7.58 Å². The van der Waals surface area contributed by atoms with Gasteiger partial charge in [0.25, 0.3) is 11.9 Å². The van der Waals surface area contributed by atoms with E-state index >= 15 is 0 Å². The van der Waals surface area contributed by atoms with E-state index in [1.807, 2.05) is 41.5 Å². The van der Waals surface area contributed by atoms with E-state index in [9.17, 15) is 19.2 Å². The summed E-state index contributed by atoms with van der Waals surface area (Å²) in [5, 5.41) is 0.390. The van der Waals surface area contributed by atoms with Crippen LogP contribution >= 0.6 is 0 Å². The summed E-state index contributed by atoms with van der Waals surface area (Å²) in [6, 6.07) is 0. The molecule has 0 saturated heterocycles. The first-order chi connectivity index (χ1) is 13.6. The molecule has 0 aliphatic heterocycles. The summed E-state index contributed by atoms with van der Waals surface area (Å²) < 4.78 is 10.7. The van der Waals surface area contributed by atoms with Gasteiger partial charge in [-0.15, -0.1) is 0 Å². The molecule has 0 bridgehead atoms. The monoisotopic (exact) mass is 426 g/mol. The molecule has 29 heavy (non-hydrogen) atoms. The van der Waals surface area contributed by atoms with Crippen molar-refractivity contribution >= 4 is 38.3 Å². The summed E-state index contributed by atoms with van der Waals surface area (Å²) >= 11 is -2.61. The van der Waals surface area contributed by atoms with Gasteiger partial charge in [-0.1, -0.05) is 48.5 Å². The second-order valence-electron chi connectivity index (χ2n) is 7.70. The third-order valence-electron chi connectivity index (χ3n) is 6.71. The molecule has 0 N–H and O–H groups in total. The fourth-order valence-corrected chi connectivity index (χ4v) is 5.02. The maximum Gasteiger partial charge on any atom is 0.860 e. The molecule has 0 aromatic heterocycles. The Kier molecular flexibility index (Phi) is 12.6. The van der Waals surface area contributed by atoms with Crippen molar-refractivity contribution in [2.45, 2.75) is 105 Å². The third-order valence-corrected chi connectivity index (χ3v) is 8.43. The van der Waals surface area contributed by atoms with Gasteiger partial charge in [0.15, 0.2) is 0 Å². The van der Waals surface area contributed by atoms with Crippen molar-refractivity contribution in [2.75, 3.05) is 0 Å². The Labute approximate surface area is 181 Å². The highest BCUT2D eigenvalue weighted by Gasteiger charge is 2.39. The van der Waals surface area contributed by atoms with Gasteiger partial charge >= 0.3 is 14.8 Å². The SMILES string of the molecule is C[CH2][Al]([O]C(=O)CC(=O)C(CC)(CC)CC)[O]C(=O)CC(=O)C(CC)(CC)CC. The van der Waals surface area contributed by atoms with Crippen LogP contribution in [0.1, 0.15) is 99.8 Å². The van der Waals surface area contributed by atoms with Gasteiger partial charge in [-0.25, -0.2) is 0 Å². The van der Waals surface area contributed by atoms with Crippen LogP contribution in [-0.4, -0.2) is 38.3 Å². The lowest BCUT2D eigenvalue weighted by atomic mass is 9.75. The van der Waals surface area contributed by atoms with Crippen molar-refractivity contribution in [3.8, 4) is 0 Å². The summed E-state index contributed by atoms with van der Waals surface area (Å²) in [4.78, 5) is 49.7. The van der Waals surface area contributed by atoms with Crippen LogP contribution in [-0.2, 0) is 26.8 Å². The molecule has 0 unspecified atom stereocenters. The summed E-state index contributed by atoms with van der Waals surface area (Å²) in [6.07, 6.45) is 3.42. The molecule has 0 spiro atoms. The lowest BCUT2D eigenvalue weighted by molar-refractivity contribution is -0.145. The molecular weight excluding hydrogens is 387 g/mol. The normalized spacial score (nSPS) is 11.7. The van der Waals surface area contributed by atoms with Crippen LogP contribution in [0, 0.1) is 10.8 Å². The molecule has 0 radical (unpaired) electrons. The zero-order valence-corrected chi connectivity index (χ0v) is 20.5. The zero-order chi connectivity index (χ0) is 22.7. The molecule has 0 heterocycles. The minimum absolute atomic E-state index is 0.126. The molecular formula is C22H39AlO6. The fraction of sp³-hybridized carbons (Fsp3) is 0.818. The predicted octanol–water partition coefficient (Wildman–Crippen LogP) is 4.93. The molecule has 0 aliphatic rings. The molecule has 0 amide bonds. The van der Waals surface area contributed by atoms with Crippen LogP contribution in [0.15, 0.2) is 0 Å². The van der Waals surface area contributed by atoms with E-state index in [0.717, 1.165) is 0 Å². The van der Waals surface area contributed by atoms with Crippen molar-refractivity contribution < 1.29 is 26.8 Å². The molecule has 0 aromatic carbocycles. The minimum Gasteiger partial charge on any atom is -0.585 e. The molecule has 0 aliphatic carbocycles. The summed E-state index contributed by atoms with van der Waals surface area (Å²) in [6.45, 7) is 13.4. The van der Waals surface area contributed by atoms with Crippen LogP contribution in [0.4, 0.5) is 0 Å². The van der Waals surface area contributed by atoms with Gasteiger partial charge in [0.1, 0.15) is 24.4 Å². The Morgan fingerprint density at radius 2 is 0.862 bits per heavy atom. The number of hydrogen-bond acceptors (Lipinski definition) is 6. The van der Waals surface area contributed by atoms with Crippen molar-refractivity contribution in [1.29, 1.82) is 0 Å². The minimum atomic E-state index is -2.61. The largest absolute Gasteiger partial charge is 0.860 e. The van der Waals surface area contributed by atoms with Crippen LogP contribution < -0.4 is 0 Å². The Bertz CT molecular complexity index is 499. The lowest BCUT2D eigenvalue weighted by Gasteiger charge is -2.29. The Morgan fingerprint density at radius 3 is 1.07 bits per heavy atom. The first-order valence-corrected chi connectivity index (χ1v) is 12.8. The lowest BCUT2D eigenvalue weighted by Crippen LogP contribution is -2.36. The van der Waals surface area contributed by atoms with Crippen LogP contribution in [0.25, 0.3) is 0 Å². The van der Waals surface area contributed by atoms with Gasteiger partial charge in [-0.3, -0.25) is 19.2 Å². The molecule has 0 aromatic rings. The van der Waals surface area contributed by atoms with E-state index < -0.39 is 37.6 Å². The van der Waals surface area contributed by atoms with E-state index in [2.05, 4.69) is 0 Å². The number of Topliss-reactive ketones (excluding diaryl/α,β-unsaturated/α-hetero) is 2. The Balaban J connectivity index is 4.89. The van der Waals surface area contributed by atoms with E-state index in [0.29, 0.717) is 43.8 Å². The Hall–Kier alpha value is -1.19.